The number of primary amides is 1. The van der Waals surface area contributed by atoms with Crippen molar-refractivity contribution in [3.05, 3.63) is 0 Å². The maximum Gasteiger partial charge on any atom is 0.243 e. The van der Waals surface area contributed by atoms with Gasteiger partial charge in [-0.1, -0.05) is 0 Å². The topological polar surface area (TPSA) is 87.2 Å². The molecule has 5 heteroatoms. The molecule has 1 aliphatic carbocycles. The third-order valence-corrected chi connectivity index (χ3v) is 3.94. The van der Waals surface area contributed by atoms with Crippen LogP contribution in [0.3, 0.4) is 0 Å². The minimum atomic E-state index is -0.806. The van der Waals surface area contributed by atoms with Gasteiger partial charge in [-0.2, -0.15) is 5.26 Å². The number of rotatable bonds is 2. The molecular weight excluding hydrogens is 218 g/mol. The number of piperidine rings is 1. The summed E-state index contributed by atoms with van der Waals surface area (Å²) in [5.41, 5.74) is 4.47. The summed E-state index contributed by atoms with van der Waals surface area (Å²) in [5.74, 6) is -0.692. The van der Waals surface area contributed by atoms with E-state index in [1.54, 1.807) is 4.90 Å². The number of hydrogen-bond acceptors (Lipinski definition) is 3. The minimum absolute atomic E-state index is 0.0998. The first-order valence-corrected chi connectivity index (χ1v) is 6.09. The zero-order valence-corrected chi connectivity index (χ0v) is 9.82. The van der Waals surface area contributed by atoms with Gasteiger partial charge in [0.05, 0.1) is 12.0 Å². The summed E-state index contributed by atoms with van der Waals surface area (Å²) in [7, 11) is 0. The van der Waals surface area contributed by atoms with E-state index in [0.717, 1.165) is 19.3 Å². The van der Waals surface area contributed by atoms with Crippen LogP contribution in [0.5, 0.6) is 0 Å². The van der Waals surface area contributed by atoms with Crippen LogP contribution in [0.4, 0.5) is 0 Å². The molecule has 0 aromatic rings. The fourth-order valence-corrected chi connectivity index (χ4v) is 2.60. The molecule has 92 valence electrons. The van der Waals surface area contributed by atoms with Gasteiger partial charge in [-0.05, 0) is 32.1 Å². The predicted molar refractivity (Wildman–Crippen MR) is 60.4 cm³/mol. The highest BCUT2D eigenvalue weighted by atomic mass is 16.2. The standard InChI is InChI=1S/C12H17N3O2/c13-8-12(4-2-5-12)11(17)15-6-1-3-9(7-15)10(14)16/h9H,1-7H2,(H2,14,16). The van der Waals surface area contributed by atoms with Gasteiger partial charge in [0.1, 0.15) is 5.41 Å². The SMILES string of the molecule is N#CC1(C(=O)N2CCCC(C(N)=O)C2)CCC1. The number of likely N-dealkylation sites (tertiary alicyclic amines) is 1. The Morgan fingerprint density at radius 2 is 2.06 bits per heavy atom. The van der Waals surface area contributed by atoms with Crippen molar-refractivity contribution in [2.24, 2.45) is 17.1 Å². The van der Waals surface area contributed by atoms with Crippen molar-refractivity contribution in [1.82, 2.24) is 4.90 Å². The van der Waals surface area contributed by atoms with E-state index in [4.69, 9.17) is 11.0 Å². The van der Waals surface area contributed by atoms with Crippen molar-refractivity contribution in [2.75, 3.05) is 13.1 Å². The quantitative estimate of drug-likeness (QED) is 0.751. The second-order valence-electron chi connectivity index (χ2n) is 5.04. The van der Waals surface area contributed by atoms with Gasteiger partial charge in [0.15, 0.2) is 0 Å². The van der Waals surface area contributed by atoms with Crippen molar-refractivity contribution >= 4 is 11.8 Å². The number of carbonyl (C=O) groups excluding carboxylic acids is 2. The number of nitrogens with zero attached hydrogens (tertiary/aromatic N) is 2. The van der Waals surface area contributed by atoms with E-state index < -0.39 is 5.41 Å². The molecule has 1 atom stereocenters. The van der Waals surface area contributed by atoms with Gasteiger partial charge >= 0.3 is 0 Å². The molecule has 2 fully saturated rings. The molecule has 2 rings (SSSR count). The smallest absolute Gasteiger partial charge is 0.243 e. The first-order valence-electron chi connectivity index (χ1n) is 6.09. The molecule has 1 unspecified atom stereocenters. The lowest BCUT2D eigenvalue weighted by molar-refractivity contribution is -0.145. The molecule has 0 bridgehead atoms. The van der Waals surface area contributed by atoms with Crippen molar-refractivity contribution in [3.8, 4) is 6.07 Å². The second-order valence-corrected chi connectivity index (χ2v) is 5.04. The highest BCUT2D eigenvalue weighted by molar-refractivity contribution is 5.87. The van der Waals surface area contributed by atoms with Crippen LogP contribution in [0.25, 0.3) is 0 Å². The van der Waals surface area contributed by atoms with Crippen LogP contribution in [-0.2, 0) is 9.59 Å². The molecule has 2 aliphatic rings. The van der Waals surface area contributed by atoms with Crippen LogP contribution >= 0.6 is 0 Å². The van der Waals surface area contributed by atoms with Crippen LogP contribution in [0.1, 0.15) is 32.1 Å². The van der Waals surface area contributed by atoms with Gasteiger partial charge in [-0.15, -0.1) is 0 Å². The molecule has 0 aromatic heterocycles. The Labute approximate surface area is 101 Å². The molecule has 2 N–H and O–H groups in total. The number of nitrogens with two attached hydrogens (primary N) is 1. The lowest BCUT2D eigenvalue weighted by Gasteiger charge is -2.40. The highest BCUT2D eigenvalue weighted by Gasteiger charge is 2.47. The summed E-state index contributed by atoms with van der Waals surface area (Å²) in [6, 6.07) is 2.15. The fourth-order valence-electron chi connectivity index (χ4n) is 2.60. The minimum Gasteiger partial charge on any atom is -0.369 e. The summed E-state index contributed by atoms with van der Waals surface area (Å²) in [6.07, 6.45) is 3.78. The molecule has 0 spiro atoms. The predicted octanol–water partition coefficient (Wildman–Crippen LogP) is 0.404. The summed E-state index contributed by atoms with van der Waals surface area (Å²) < 4.78 is 0. The van der Waals surface area contributed by atoms with E-state index in [0.29, 0.717) is 25.9 Å². The Morgan fingerprint density at radius 3 is 2.53 bits per heavy atom. The molecule has 17 heavy (non-hydrogen) atoms. The normalized spacial score (nSPS) is 26.8. The van der Waals surface area contributed by atoms with E-state index in [1.165, 1.54) is 0 Å². The van der Waals surface area contributed by atoms with Crippen molar-refractivity contribution in [1.29, 1.82) is 5.26 Å². The molecule has 1 saturated carbocycles. The van der Waals surface area contributed by atoms with E-state index in [9.17, 15) is 9.59 Å². The van der Waals surface area contributed by atoms with Gasteiger partial charge in [0, 0.05) is 13.1 Å². The Hall–Kier alpha value is -1.57. The Kier molecular flexibility index (Phi) is 3.05. The maximum absolute atomic E-state index is 12.3. The van der Waals surface area contributed by atoms with E-state index in [1.807, 2.05) is 0 Å². The van der Waals surface area contributed by atoms with Crippen LogP contribution in [0, 0.1) is 22.7 Å². The fraction of sp³-hybridized carbons (Fsp3) is 0.750. The molecule has 0 radical (unpaired) electrons. The number of hydrogen-bond donors (Lipinski definition) is 1. The highest BCUT2D eigenvalue weighted by Crippen LogP contribution is 2.42. The number of amides is 2. The zero-order chi connectivity index (χ0) is 12.5. The molecule has 1 saturated heterocycles. The summed E-state index contributed by atoms with van der Waals surface area (Å²) >= 11 is 0. The van der Waals surface area contributed by atoms with Crippen molar-refractivity contribution in [3.63, 3.8) is 0 Å². The average molecular weight is 235 g/mol. The molecule has 1 heterocycles. The monoisotopic (exact) mass is 235 g/mol. The van der Waals surface area contributed by atoms with Crippen molar-refractivity contribution < 1.29 is 9.59 Å². The third-order valence-electron chi connectivity index (χ3n) is 3.94. The van der Waals surface area contributed by atoms with E-state index >= 15 is 0 Å². The van der Waals surface area contributed by atoms with Gasteiger partial charge in [0.2, 0.25) is 11.8 Å². The van der Waals surface area contributed by atoms with E-state index in [-0.39, 0.29) is 17.7 Å². The van der Waals surface area contributed by atoms with Crippen LogP contribution in [0.15, 0.2) is 0 Å². The van der Waals surface area contributed by atoms with Gasteiger partial charge in [0.25, 0.3) is 0 Å². The Bertz CT molecular complexity index is 382. The summed E-state index contributed by atoms with van der Waals surface area (Å²) in [6.45, 7) is 1.03. The molecule has 5 nitrogen and oxygen atoms in total. The van der Waals surface area contributed by atoms with Crippen LogP contribution in [0.2, 0.25) is 0 Å². The second kappa shape index (κ2) is 4.36. The largest absolute Gasteiger partial charge is 0.369 e. The lowest BCUT2D eigenvalue weighted by atomic mass is 9.68. The van der Waals surface area contributed by atoms with Gasteiger partial charge < -0.3 is 10.6 Å². The first-order chi connectivity index (χ1) is 8.09. The third kappa shape index (κ3) is 1.99. The van der Waals surface area contributed by atoms with Crippen molar-refractivity contribution in [2.45, 2.75) is 32.1 Å². The first kappa shape index (κ1) is 11.9. The number of carbonyl (C=O) groups is 2. The van der Waals surface area contributed by atoms with Gasteiger partial charge in [-0.3, -0.25) is 9.59 Å². The molecular formula is C12H17N3O2. The van der Waals surface area contributed by atoms with Crippen LogP contribution < -0.4 is 5.73 Å². The zero-order valence-electron chi connectivity index (χ0n) is 9.82. The molecule has 0 aromatic carbocycles. The van der Waals surface area contributed by atoms with Gasteiger partial charge in [-0.25, -0.2) is 0 Å². The number of nitriles is 1. The van der Waals surface area contributed by atoms with Crippen LogP contribution in [-0.4, -0.2) is 29.8 Å². The average Bonchev–Trinajstić information content (AvgIpc) is 2.28. The summed E-state index contributed by atoms with van der Waals surface area (Å²) in [4.78, 5) is 25.1. The molecule has 2 amide bonds. The Morgan fingerprint density at radius 1 is 1.35 bits per heavy atom. The maximum atomic E-state index is 12.3. The molecule has 1 aliphatic heterocycles. The lowest BCUT2D eigenvalue weighted by Crippen LogP contribution is -2.52. The summed E-state index contributed by atoms with van der Waals surface area (Å²) in [5, 5.41) is 9.12. The Balaban J connectivity index is 2.05. The van der Waals surface area contributed by atoms with E-state index in [2.05, 4.69) is 6.07 Å².